The third kappa shape index (κ3) is 5.18. The molecule has 0 saturated heterocycles. The highest BCUT2D eigenvalue weighted by Crippen LogP contribution is 2.21. The molecule has 1 heterocycles. The van der Waals surface area contributed by atoms with Crippen molar-refractivity contribution in [3.8, 4) is 5.69 Å². The Morgan fingerprint density at radius 3 is 2.35 bits per heavy atom. The minimum Gasteiger partial charge on any atom is -0.322 e. The molecule has 0 radical (unpaired) electrons. The average Bonchev–Trinajstić information content (AvgIpc) is 3.05. The van der Waals surface area contributed by atoms with Crippen molar-refractivity contribution in [3.05, 3.63) is 71.3 Å². The van der Waals surface area contributed by atoms with Gasteiger partial charge in [-0.25, -0.2) is 22.2 Å². The molecular weight excluding hydrogens is 419 g/mol. The number of anilines is 1. The molecule has 2 aromatic carbocycles. The van der Waals surface area contributed by atoms with E-state index in [2.05, 4.69) is 15.1 Å². The fraction of sp³-hybridized carbons (Fsp3) is 0.273. The molecule has 0 aliphatic heterocycles. The number of sulfonamides is 1. The Morgan fingerprint density at radius 1 is 1.13 bits per heavy atom. The second-order valence-corrected chi connectivity index (χ2v) is 9.13. The van der Waals surface area contributed by atoms with Crippen LogP contribution in [-0.4, -0.2) is 30.1 Å². The van der Waals surface area contributed by atoms with Crippen LogP contribution in [0.1, 0.15) is 42.0 Å². The van der Waals surface area contributed by atoms with Gasteiger partial charge in [-0.1, -0.05) is 6.92 Å². The summed E-state index contributed by atoms with van der Waals surface area (Å²) < 4.78 is 43.3. The highest BCUT2D eigenvalue weighted by Gasteiger charge is 2.17. The van der Waals surface area contributed by atoms with E-state index in [0.29, 0.717) is 6.42 Å². The molecule has 1 aromatic heterocycles. The van der Waals surface area contributed by atoms with Gasteiger partial charge in [-0.05, 0) is 75.7 Å². The van der Waals surface area contributed by atoms with Crippen molar-refractivity contribution in [2.45, 2.75) is 45.1 Å². The number of amides is 1. The van der Waals surface area contributed by atoms with Crippen molar-refractivity contribution in [1.82, 2.24) is 14.5 Å². The first-order valence-corrected chi connectivity index (χ1v) is 11.4. The molecule has 2 N–H and O–H groups in total. The minimum absolute atomic E-state index is 0.0737. The normalized spacial score (nSPS) is 12.5. The Morgan fingerprint density at radius 2 is 1.81 bits per heavy atom. The number of carbonyl (C=O) groups is 1. The fourth-order valence-corrected chi connectivity index (χ4v) is 4.36. The summed E-state index contributed by atoms with van der Waals surface area (Å²) in [5.41, 5.74) is 2.39. The molecule has 9 heteroatoms. The fourth-order valence-electron chi connectivity index (χ4n) is 3.03. The summed E-state index contributed by atoms with van der Waals surface area (Å²) in [5, 5.41) is 6.89. The van der Waals surface area contributed by atoms with Crippen LogP contribution in [0.3, 0.4) is 0 Å². The summed E-state index contributed by atoms with van der Waals surface area (Å²) in [4.78, 5) is 12.6. The molecule has 0 aliphatic rings. The summed E-state index contributed by atoms with van der Waals surface area (Å²) in [6.07, 6.45) is 0.661. The van der Waals surface area contributed by atoms with Gasteiger partial charge < -0.3 is 5.32 Å². The monoisotopic (exact) mass is 444 g/mol. The highest BCUT2D eigenvalue weighted by atomic mass is 32.2. The predicted molar refractivity (Wildman–Crippen MR) is 117 cm³/mol. The Bertz CT molecular complexity index is 1200. The molecular formula is C22H25FN4O3S. The van der Waals surface area contributed by atoms with E-state index in [1.807, 2.05) is 26.8 Å². The van der Waals surface area contributed by atoms with Crippen LogP contribution >= 0.6 is 0 Å². The second-order valence-electron chi connectivity index (χ2n) is 7.41. The zero-order valence-corrected chi connectivity index (χ0v) is 18.6. The van der Waals surface area contributed by atoms with Gasteiger partial charge in [0.1, 0.15) is 5.69 Å². The summed E-state index contributed by atoms with van der Waals surface area (Å²) in [6.45, 7) is 7.32. The molecule has 0 fully saturated rings. The van der Waals surface area contributed by atoms with Crippen LogP contribution < -0.4 is 10.0 Å². The van der Waals surface area contributed by atoms with E-state index in [4.69, 9.17) is 0 Å². The Labute approximate surface area is 181 Å². The number of aryl methyl sites for hydroxylation is 2. The van der Waals surface area contributed by atoms with Crippen LogP contribution in [0.25, 0.3) is 5.69 Å². The number of aromatic nitrogens is 2. The topological polar surface area (TPSA) is 93.1 Å². The third-order valence-corrected chi connectivity index (χ3v) is 6.44. The molecule has 3 aromatic rings. The maximum atomic E-state index is 14.6. The maximum Gasteiger partial charge on any atom is 0.255 e. The SMILES string of the molecule is CCC(C)NS(=O)(=O)c1ccc(C(=O)Nc2ccc(-n3nc(C)cc3C)c(F)c2)cc1. The lowest BCUT2D eigenvalue weighted by atomic mass is 10.2. The molecule has 0 saturated carbocycles. The Balaban J connectivity index is 1.74. The molecule has 1 atom stereocenters. The Kier molecular flexibility index (Phi) is 6.56. The smallest absolute Gasteiger partial charge is 0.255 e. The van der Waals surface area contributed by atoms with E-state index < -0.39 is 21.7 Å². The van der Waals surface area contributed by atoms with Crippen LogP contribution in [0.15, 0.2) is 53.4 Å². The van der Waals surface area contributed by atoms with Gasteiger partial charge in [0.25, 0.3) is 5.91 Å². The molecule has 1 unspecified atom stereocenters. The lowest BCUT2D eigenvalue weighted by molar-refractivity contribution is 0.102. The van der Waals surface area contributed by atoms with Crippen LogP contribution in [0.5, 0.6) is 0 Å². The quantitative estimate of drug-likeness (QED) is 0.577. The maximum absolute atomic E-state index is 14.6. The zero-order valence-electron chi connectivity index (χ0n) is 17.8. The predicted octanol–water partition coefficient (Wildman–Crippen LogP) is 3.96. The molecule has 3 rings (SSSR count). The van der Waals surface area contributed by atoms with Gasteiger partial charge in [-0.3, -0.25) is 4.79 Å². The molecule has 164 valence electrons. The van der Waals surface area contributed by atoms with Crippen molar-refractivity contribution in [3.63, 3.8) is 0 Å². The van der Waals surface area contributed by atoms with Gasteiger partial charge in [-0.15, -0.1) is 0 Å². The van der Waals surface area contributed by atoms with Crippen molar-refractivity contribution in [2.75, 3.05) is 5.32 Å². The minimum atomic E-state index is -3.65. The number of carbonyl (C=O) groups excluding carboxylic acids is 1. The first-order chi connectivity index (χ1) is 14.6. The standard InChI is InChI=1S/C22H25FN4O3S/c1-5-14(2)26-31(29,30)19-9-6-17(7-10-19)22(28)24-18-8-11-21(20(23)13-18)27-16(4)12-15(3)25-27/h6-14,26H,5H2,1-4H3,(H,24,28). The number of nitrogens with one attached hydrogen (secondary N) is 2. The summed E-state index contributed by atoms with van der Waals surface area (Å²) in [7, 11) is -3.65. The van der Waals surface area contributed by atoms with E-state index in [9.17, 15) is 17.6 Å². The van der Waals surface area contributed by atoms with Crippen molar-refractivity contribution < 1.29 is 17.6 Å². The zero-order chi connectivity index (χ0) is 22.8. The van der Waals surface area contributed by atoms with E-state index >= 15 is 0 Å². The average molecular weight is 445 g/mol. The number of halogens is 1. The third-order valence-electron chi connectivity index (χ3n) is 4.84. The first-order valence-electron chi connectivity index (χ1n) is 9.87. The molecule has 31 heavy (non-hydrogen) atoms. The van der Waals surface area contributed by atoms with Crippen LogP contribution in [0.2, 0.25) is 0 Å². The van der Waals surface area contributed by atoms with Gasteiger partial charge in [-0.2, -0.15) is 5.10 Å². The second kappa shape index (κ2) is 8.99. The number of hydrogen-bond acceptors (Lipinski definition) is 4. The van der Waals surface area contributed by atoms with Crippen molar-refractivity contribution >= 4 is 21.6 Å². The lowest BCUT2D eigenvalue weighted by Crippen LogP contribution is -2.32. The van der Waals surface area contributed by atoms with E-state index in [1.54, 1.807) is 19.1 Å². The van der Waals surface area contributed by atoms with Gasteiger partial charge >= 0.3 is 0 Å². The van der Waals surface area contributed by atoms with E-state index in [1.165, 1.54) is 35.0 Å². The summed E-state index contributed by atoms with van der Waals surface area (Å²) in [6, 6.07) is 11.6. The van der Waals surface area contributed by atoms with Gasteiger partial charge in [0.15, 0.2) is 5.82 Å². The number of nitrogens with zero attached hydrogens (tertiary/aromatic N) is 2. The first kappa shape index (κ1) is 22.6. The van der Waals surface area contributed by atoms with Gasteiger partial charge in [0.05, 0.1) is 10.6 Å². The molecule has 0 bridgehead atoms. The highest BCUT2D eigenvalue weighted by molar-refractivity contribution is 7.89. The van der Waals surface area contributed by atoms with Gasteiger partial charge in [0, 0.05) is 23.0 Å². The van der Waals surface area contributed by atoms with Crippen molar-refractivity contribution in [1.29, 1.82) is 0 Å². The molecule has 0 aliphatic carbocycles. The lowest BCUT2D eigenvalue weighted by Gasteiger charge is -2.12. The largest absolute Gasteiger partial charge is 0.322 e. The van der Waals surface area contributed by atoms with E-state index in [-0.39, 0.29) is 27.9 Å². The molecule has 7 nitrogen and oxygen atoms in total. The number of benzene rings is 2. The van der Waals surface area contributed by atoms with Crippen LogP contribution in [-0.2, 0) is 10.0 Å². The van der Waals surface area contributed by atoms with Crippen molar-refractivity contribution in [2.24, 2.45) is 0 Å². The number of rotatable bonds is 7. The van der Waals surface area contributed by atoms with Gasteiger partial charge in [0.2, 0.25) is 10.0 Å². The molecule has 0 spiro atoms. The Hall–Kier alpha value is -3.04. The van der Waals surface area contributed by atoms with E-state index in [0.717, 1.165) is 11.4 Å². The number of hydrogen-bond donors (Lipinski definition) is 2. The summed E-state index contributed by atoms with van der Waals surface area (Å²) >= 11 is 0. The van der Waals surface area contributed by atoms with Crippen LogP contribution in [0.4, 0.5) is 10.1 Å². The van der Waals surface area contributed by atoms with Crippen LogP contribution in [0, 0.1) is 19.7 Å². The molecule has 1 amide bonds. The summed E-state index contributed by atoms with van der Waals surface area (Å²) in [5.74, 6) is -1.00.